The molecule has 3 aromatic rings. The van der Waals surface area contributed by atoms with Crippen LogP contribution in [0.3, 0.4) is 0 Å². The number of nitrogens with zero attached hydrogens (tertiary/aromatic N) is 5. The maximum Gasteiger partial charge on any atom is 0.307 e. The van der Waals surface area contributed by atoms with Crippen molar-refractivity contribution in [2.24, 2.45) is 10.2 Å². The van der Waals surface area contributed by atoms with Gasteiger partial charge >= 0.3 is 5.95 Å². The first-order valence-electron chi connectivity index (χ1n) is 5.67. The molecule has 0 saturated carbocycles. The average molecular weight is 254 g/mol. The van der Waals surface area contributed by atoms with E-state index in [-0.39, 0.29) is 5.95 Å². The Balaban J connectivity index is 1.69. The molecule has 0 bridgehead atoms. The fourth-order valence-corrected chi connectivity index (χ4v) is 1.59. The molecule has 0 amide bonds. The molecular weight excluding hydrogens is 244 g/mol. The molecule has 0 atom stereocenters. The first kappa shape index (κ1) is 11.3. The Morgan fingerprint density at radius 2 is 2.00 bits per heavy atom. The van der Waals surface area contributed by atoms with Gasteiger partial charge in [-0.1, -0.05) is 35.4 Å². The zero-order valence-corrected chi connectivity index (χ0v) is 9.89. The smallest absolute Gasteiger partial charge is 0.307 e. The van der Waals surface area contributed by atoms with Gasteiger partial charge in [0.25, 0.3) is 0 Å². The maximum atomic E-state index is 5.67. The third-order valence-corrected chi connectivity index (χ3v) is 2.44. The number of hydrogen-bond donors (Lipinski definition) is 1. The lowest BCUT2D eigenvalue weighted by molar-refractivity contribution is 0.522. The van der Waals surface area contributed by atoms with Gasteiger partial charge in [-0.3, -0.25) is 0 Å². The van der Waals surface area contributed by atoms with Crippen LogP contribution in [0.4, 0.5) is 5.95 Å². The Kier molecular flexibility index (Phi) is 3.09. The molecule has 0 spiro atoms. The molecule has 0 saturated heterocycles. The molecule has 0 unspecified atom stereocenters. The lowest BCUT2D eigenvalue weighted by atomic mass is 10.2. The molecule has 0 radical (unpaired) electrons. The largest absolute Gasteiger partial charge is 0.459 e. The summed E-state index contributed by atoms with van der Waals surface area (Å²) < 4.78 is 5.67. The highest BCUT2D eigenvalue weighted by molar-refractivity contribution is 5.57. The van der Waals surface area contributed by atoms with Crippen LogP contribution in [0.2, 0.25) is 0 Å². The first-order chi connectivity index (χ1) is 9.42. The quantitative estimate of drug-likeness (QED) is 0.724. The second-order valence-corrected chi connectivity index (χ2v) is 3.74. The van der Waals surface area contributed by atoms with Crippen LogP contribution in [0.25, 0.3) is 11.3 Å². The minimum absolute atomic E-state index is 0.204. The van der Waals surface area contributed by atoms with Crippen molar-refractivity contribution in [1.29, 1.82) is 0 Å². The van der Waals surface area contributed by atoms with Crippen molar-refractivity contribution in [3.05, 3.63) is 48.2 Å². The average Bonchev–Trinajstić information content (AvgIpc) is 3.11. The second kappa shape index (κ2) is 5.21. The lowest BCUT2D eigenvalue weighted by Gasteiger charge is -1.94. The third kappa shape index (κ3) is 2.71. The molecule has 19 heavy (non-hydrogen) atoms. The number of hydrogen-bond acceptors (Lipinski definition) is 6. The number of furan rings is 1. The van der Waals surface area contributed by atoms with Gasteiger partial charge in [-0.2, -0.15) is 10.3 Å². The van der Waals surface area contributed by atoms with E-state index in [1.54, 1.807) is 0 Å². The van der Waals surface area contributed by atoms with Crippen LogP contribution in [0.5, 0.6) is 0 Å². The highest BCUT2D eigenvalue weighted by Gasteiger charge is 2.03. The van der Waals surface area contributed by atoms with Crippen molar-refractivity contribution in [3.63, 3.8) is 0 Å². The summed E-state index contributed by atoms with van der Waals surface area (Å²) in [5, 5.41) is 20.7. The first-order valence-corrected chi connectivity index (χ1v) is 5.67. The lowest BCUT2D eigenvalue weighted by Crippen LogP contribution is -1.75. The van der Waals surface area contributed by atoms with E-state index in [1.807, 2.05) is 42.5 Å². The zero-order valence-electron chi connectivity index (χ0n) is 9.89. The van der Waals surface area contributed by atoms with Crippen molar-refractivity contribution in [2.45, 2.75) is 6.54 Å². The minimum atomic E-state index is 0.204. The number of tetrazole rings is 1. The van der Waals surface area contributed by atoms with E-state index < -0.39 is 0 Å². The number of aromatic amines is 1. The Labute approximate surface area is 108 Å². The van der Waals surface area contributed by atoms with Crippen molar-refractivity contribution in [1.82, 2.24) is 20.6 Å². The van der Waals surface area contributed by atoms with Gasteiger partial charge in [0.15, 0.2) is 0 Å². The monoisotopic (exact) mass is 254 g/mol. The Hall–Kier alpha value is -2.83. The van der Waals surface area contributed by atoms with Crippen LogP contribution in [0, 0.1) is 0 Å². The number of benzene rings is 1. The van der Waals surface area contributed by atoms with Gasteiger partial charge in [0.05, 0.1) is 0 Å². The van der Waals surface area contributed by atoms with Crippen molar-refractivity contribution >= 4 is 5.95 Å². The molecule has 2 aromatic heterocycles. The molecule has 0 aliphatic carbocycles. The molecule has 0 aliphatic rings. The van der Waals surface area contributed by atoms with Crippen LogP contribution in [0.1, 0.15) is 5.76 Å². The van der Waals surface area contributed by atoms with Gasteiger partial charge in [-0.15, -0.1) is 10.2 Å². The standard InChI is InChI=1S/C12H10N6O/c1-2-4-9(5-3-1)11-7-6-10(19-11)8-13-14-12-15-17-18-16-12/h1-7H,8H2,(H,15,16,17,18). The summed E-state index contributed by atoms with van der Waals surface area (Å²) in [7, 11) is 0. The predicted molar refractivity (Wildman–Crippen MR) is 66.5 cm³/mol. The molecule has 1 N–H and O–H groups in total. The van der Waals surface area contributed by atoms with Gasteiger partial charge in [0.2, 0.25) is 0 Å². The van der Waals surface area contributed by atoms with E-state index in [0.717, 1.165) is 17.1 Å². The number of azo groups is 1. The summed E-state index contributed by atoms with van der Waals surface area (Å²) in [6.45, 7) is 0.335. The van der Waals surface area contributed by atoms with Gasteiger partial charge in [-0.05, 0) is 17.3 Å². The van der Waals surface area contributed by atoms with Crippen LogP contribution >= 0.6 is 0 Å². The van der Waals surface area contributed by atoms with E-state index in [2.05, 4.69) is 30.9 Å². The molecule has 7 nitrogen and oxygen atoms in total. The number of aromatic nitrogens is 4. The van der Waals surface area contributed by atoms with E-state index >= 15 is 0 Å². The summed E-state index contributed by atoms with van der Waals surface area (Å²) in [5.74, 6) is 1.74. The fourth-order valence-electron chi connectivity index (χ4n) is 1.59. The summed E-state index contributed by atoms with van der Waals surface area (Å²) >= 11 is 0. The number of rotatable bonds is 4. The molecule has 3 rings (SSSR count). The van der Waals surface area contributed by atoms with Crippen LogP contribution in [-0.2, 0) is 6.54 Å². The van der Waals surface area contributed by atoms with Crippen LogP contribution < -0.4 is 0 Å². The van der Waals surface area contributed by atoms with Gasteiger partial charge < -0.3 is 4.42 Å². The Bertz CT molecular complexity index is 659. The predicted octanol–water partition coefficient (Wildman–Crippen LogP) is 2.74. The van der Waals surface area contributed by atoms with E-state index in [4.69, 9.17) is 4.42 Å². The summed E-state index contributed by atoms with van der Waals surface area (Å²) in [6, 6.07) is 13.7. The highest BCUT2D eigenvalue weighted by atomic mass is 16.3. The van der Waals surface area contributed by atoms with Gasteiger partial charge in [-0.25, -0.2) is 0 Å². The Morgan fingerprint density at radius 1 is 1.11 bits per heavy atom. The van der Waals surface area contributed by atoms with Crippen LogP contribution in [0.15, 0.2) is 57.1 Å². The molecular formula is C12H10N6O. The number of nitrogens with one attached hydrogen (secondary N) is 1. The Morgan fingerprint density at radius 3 is 2.79 bits per heavy atom. The fraction of sp³-hybridized carbons (Fsp3) is 0.0833. The zero-order chi connectivity index (χ0) is 12.9. The number of H-pyrrole nitrogens is 1. The molecule has 7 heteroatoms. The van der Waals surface area contributed by atoms with E-state index in [0.29, 0.717) is 6.54 Å². The molecule has 0 fully saturated rings. The van der Waals surface area contributed by atoms with Crippen molar-refractivity contribution < 1.29 is 4.42 Å². The van der Waals surface area contributed by atoms with E-state index in [9.17, 15) is 0 Å². The summed E-state index contributed by atoms with van der Waals surface area (Å²) in [5.41, 5.74) is 1.03. The summed E-state index contributed by atoms with van der Waals surface area (Å²) in [6.07, 6.45) is 0. The van der Waals surface area contributed by atoms with Gasteiger partial charge in [0, 0.05) is 5.56 Å². The van der Waals surface area contributed by atoms with Crippen molar-refractivity contribution in [3.8, 4) is 11.3 Å². The normalized spacial score (nSPS) is 11.2. The third-order valence-electron chi connectivity index (χ3n) is 2.44. The second-order valence-electron chi connectivity index (χ2n) is 3.74. The van der Waals surface area contributed by atoms with Crippen LogP contribution in [-0.4, -0.2) is 20.6 Å². The maximum absolute atomic E-state index is 5.67. The molecule has 94 valence electrons. The summed E-state index contributed by atoms with van der Waals surface area (Å²) in [4.78, 5) is 0. The van der Waals surface area contributed by atoms with E-state index in [1.165, 1.54) is 0 Å². The molecule has 2 heterocycles. The highest BCUT2D eigenvalue weighted by Crippen LogP contribution is 2.22. The van der Waals surface area contributed by atoms with Crippen molar-refractivity contribution in [2.75, 3.05) is 0 Å². The SMILES string of the molecule is c1ccc(-c2ccc(CN=Nc3nn[nH]n3)o2)cc1. The topological polar surface area (TPSA) is 92.3 Å². The van der Waals surface area contributed by atoms with Gasteiger partial charge in [0.1, 0.15) is 18.1 Å². The molecule has 0 aliphatic heterocycles. The molecule has 1 aromatic carbocycles. The minimum Gasteiger partial charge on any atom is -0.459 e.